The summed E-state index contributed by atoms with van der Waals surface area (Å²) in [4.78, 5) is 14.6. The number of carbonyl (C=O) groups is 1. The van der Waals surface area contributed by atoms with Gasteiger partial charge in [-0.25, -0.2) is 10.3 Å². The number of urea groups is 1. The van der Waals surface area contributed by atoms with Crippen molar-refractivity contribution in [3.05, 3.63) is 12.7 Å². The third-order valence-corrected chi connectivity index (χ3v) is 0.677. The van der Waals surface area contributed by atoms with Crippen molar-refractivity contribution in [2.45, 2.75) is 13.0 Å². The van der Waals surface area contributed by atoms with Crippen molar-refractivity contribution >= 4 is 6.03 Å². The molecule has 0 heterocycles. The van der Waals surface area contributed by atoms with Crippen LogP contribution in [0, 0.1) is 0 Å². The first-order valence-corrected chi connectivity index (χ1v) is 2.50. The van der Waals surface area contributed by atoms with Crippen LogP contribution in [0.25, 0.3) is 0 Å². The van der Waals surface area contributed by atoms with Crippen LogP contribution in [-0.2, 0) is 4.84 Å². The van der Waals surface area contributed by atoms with Gasteiger partial charge in [-0.2, -0.15) is 0 Å². The predicted octanol–water partition coefficient (Wildman–Crippen LogP) is 0.161. The molecule has 0 aliphatic carbocycles. The van der Waals surface area contributed by atoms with Gasteiger partial charge in [0, 0.05) is 0 Å². The fourth-order valence-electron chi connectivity index (χ4n) is 0.199. The molecule has 3 N–H and O–H groups in total. The van der Waals surface area contributed by atoms with Crippen molar-refractivity contribution in [2.24, 2.45) is 5.73 Å². The third kappa shape index (κ3) is 4.83. The Morgan fingerprint density at radius 3 is 2.89 bits per heavy atom. The number of hydrogen-bond donors (Lipinski definition) is 2. The highest BCUT2D eigenvalue weighted by atomic mass is 16.7. The van der Waals surface area contributed by atoms with Crippen molar-refractivity contribution in [2.75, 3.05) is 0 Å². The number of nitrogens with two attached hydrogens (primary N) is 1. The minimum atomic E-state index is -0.705. The van der Waals surface area contributed by atoms with Gasteiger partial charge in [0.15, 0.2) is 0 Å². The molecule has 0 aromatic carbocycles. The molecular formula is C5H10N2O2. The summed E-state index contributed by atoms with van der Waals surface area (Å²) in [6.07, 6.45) is 1.33. The second kappa shape index (κ2) is 3.91. The molecule has 0 rings (SSSR count). The highest BCUT2D eigenvalue weighted by Crippen LogP contribution is 1.84. The molecule has 0 spiro atoms. The van der Waals surface area contributed by atoms with Crippen molar-refractivity contribution in [1.29, 1.82) is 0 Å². The molecule has 9 heavy (non-hydrogen) atoms. The smallest absolute Gasteiger partial charge is 0.336 e. The first-order chi connectivity index (χ1) is 4.16. The quantitative estimate of drug-likeness (QED) is 0.422. The minimum Gasteiger partial charge on any atom is -0.350 e. The average Bonchev–Trinajstić information content (AvgIpc) is 1.83. The van der Waals surface area contributed by atoms with Gasteiger partial charge in [0.25, 0.3) is 0 Å². The van der Waals surface area contributed by atoms with Crippen LogP contribution in [0.2, 0.25) is 0 Å². The Morgan fingerprint density at radius 2 is 2.56 bits per heavy atom. The molecule has 0 aromatic heterocycles. The third-order valence-electron chi connectivity index (χ3n) is 0.677. The fourth-order valence-corrected chi connectivity index (χ4v) is 0.199. The van der Waals surface area contributed by atoms with E-state index in [-0.39, 0.29) is 6.10 Å². The molecule has 52 valence electrons. The zero-order chi connectivity index (χ0) is 7.28. The van der Waals surface area contributed by atoms with E-state index in [1.807, 2.05) is 5.48 Å². The fraction of sp³-hybridized carbons (Fsp3) is 0.400. The standard InChI is InChI=1S/C5H10N2O2/c1-3-4(2)9-7-5(6)8/h3-4H,1H2,2H3,(H3,6,7,8). The van der Waals surface area contributed by atoms with E-state index in [2.05, 4.69) is 17.2 Å². The molecule has 0 radical (unpaired) electrons. The Bertz CT molecular complexity index is 114. The number of nitrogens with one attached hydrogen (secondary N) is 1. The molecule has 0 aliphatic rings. The molecular weight excluding hydrogens is 120 g/mol. The van der Waals surface area contributed by atoms with Crippen LogP contribution in [-0.4, -0.2) is 12.1 Å². The summed E-state index contributed by atoms with van der Waals surface area (Å²) in [5.74, 6) is 0. The Balaban J connectivity index is 3.26. The van der Waals surface area contributed by atoms with Crippen LogP contribution < -0.4 is 11.2 Å². The molecule has 0 saturated heterocycles. The number of hydroxylamine groups is 1. The van der Waals surface area contributed by atoms with E-state index in [1.54, 1.807) is 6.92 Å². The Hall–Kier alpha value is -1.03. The lowest BCUT2D eigenvalue weighted by atomic mass is 10.4. The van der Waals surface area contributed by atoms with E-state index in [4.69, 9.17) is 0 Å². The summed E-state index contributed by atoms with van der Waals surface area (Å²) in [5, 5.41) is 0. The van der Waals surface area contributed by atoms with Gasteiger partial charge >= 0.3 is 6.03 Å². The van der Waals surface area contributed by atoms with Crippen LogP contribution in [0.15, 0.2) is 12.7 Å². The molecule has 1 atom stereocenters. The van der Waals surface area contributed by atoms with Gasteiger partial charge in [0.1, 0.15) is 6.10 Å². The predicted molar refractivity (Wildman–Crippen MR) is 33.5 cm³/mol. The second-order valence-corrected chi connectivity index (χ2v) is 1.52. The second-order valence-electron chi connectivity index (χ2n) is 1.52. The zero-order valence-electron chi connectivity index (χ0n) is 5.26. The van der Waals surface area contributed by atoms with E-state index < -0.39 is 6.03 Å². The lowest BCUT2D eigenvalue weighted by Gasteiger charge is -2.05. The number of primary amides is 1. The average molecular weight is 130 g/mol. The topological polar surface area (TPSA) is 64.3 Å². The van der Waals surface area contributed by atoms with E-state index in [0.717, 1.165) is 0 Å². The first-order valence-electron chi connectivity index (χ1n) is 2.50. The molecule has 0 aromatic rings. The van der Waals surface area contributed by atoms with Crippen LogP contribution in [0.4, 0.5) is 4.79 Å². The van der Waals surface area contributed by atoms with Gasteiger partial charge in [-0.15, -0.1) is 6.58 Å². The van der Waals surface area contributed by atoms with E-state index in [0.29, 0.717) is 0 Å². The molecule has 4 nitrogen and oxygen atoms in total. The van der Waals surface area contributed by atoms with Gasteiger partial charge in [0.2, 0.25) is 0 Å². The maximum atomic E-state index is 9.97. The van der Waals surface area contributed by atoms with Gasteiger partial charge in [-0.05, 0) is 6.92 Å². The molecule has 0 bridgehead atoms. The van der Waals surface area contributed by atoms with Crippen LogP contribution >= 0.6 is 0 Å². The van der Waals surface area contributed by atoms with Crippen LogP contribution in [0.3, 0.4) is 0 Å². The first kappa shape index (κ1) is 7.97. The largest absolute Gasteiger partial charge is 0.350 e. The summed E-state index contributed by atoms with van der Waals surface area (Å²) >= 11 is 0. The van der Waals surface area contributed by atoms with Crippen molar-refractivity contribution in [3.8, 4) is 0 Å². The maximum Gasteiger partial charge on any atom is 0.336 e. The normalized spacial score (nSPS) is 12.1. The summed E-state index contributed by atoms with van der Waals surface area (Å²) < 4.78 is 0. The summed E-state index contributed by atoms with van der Waals surface area (Å²) in [6.45, 7) is 5.15. The lowest BCUT2D eigenvalue weighted by Crippen LogP contribution is -2.31. The van der Waals surface area contributed by atoms with Crippen LogP contribution in [0.5, 0.6) is 0 Å². The van der Waals surface area contributed by atoms with Crippen LogP contribution in [0.1, 0.15) is 6.92 Å². The monoisotopic (exact) mass is 130 g/mol. The summed E-state index contributed by atoms with van der Waals surface area (Å²) in [5.41, 5.74) is 6.65. The lowest BCUT2D eigenvalue weighted by molar-refractivity contribution is 0.0340. The number of hydrogen-bond acceptors (Lipinski definition) is 2. The summed E-state index contributed by atoms with van der Waals surface area (Å²) in [6, 6.07) is -0.705. The van der Waals surface area contributed by atoms with E-state index in [9.17, 15) is 4.79 Å². The van der Waals surface area contributed by atoms with Gasteiger partial charge in [0.05, 0.1) is 0 Å². The van der Waals surface area contributed by atoms with E-state index in [1.165, 1.54) is 6.08 Å². The molecule has 2 amide bonds. The minimum absolute atomic E-state index is 0.211. The molecule has 0 aliphatic heterocycles. The zero-order valence-corrected chi connectivity index (χ0v) is 5.26. The van der Waals surface area contributed by atoms with Crippen molar-refractivity contribution in [1.82, 2.24) is 5.48 Å². The van der Waals surface area contributed by atoms with Gasteiger partial charge in [-0.1, -0.05) is 6.08 Å². The molecule has 1 unspecified atom stereocenters. The Kier molecular flexibility index (Phi) is 3.46. The number of amides is 2. The molecule has 0 fully saturated rings. The Labute approximate surface area is 53.6 Å². The van der Waals surface area contributed by atoms with Crippen molar-refractivity contribution < 1.29 is 9.63 Å². The van der Waals surface area contributed by atoms with Gasteiger partial charge in [-0.3, -0.25) is 4.84 Å². The number of rotatable bonds is 3. The highest BCUT2D eigenvalue weighted by Gasteiger charge is 1.95. The summed E-state index contributed by atoms with van der Waals surface area (Å²) in [7, 11) is 0. The molecule has 4 heteroatoms. The SMILES string of the molecule is C=CC(C)ONC(N)=O. The highest BCUT2D eigenvalue weighted by molar-refractivity contribution is 5.70. The molecule has 0 saturated carbocycles. The number of carbonyl (C=O) groups excluding carboxylic acids is 1. The Morgan fingerprint density at radius 1 is 2.00 bits per heavy atom. The van der Waals surface area contributed by atoms with E-state index >= 15 is 0 Å². The van der Waals surface area contributed by atoms with Crippen molar-refractivity contribution in [3.63, 3.8) is 0 Å². The van der Waals surface area contributed by atoms with Gasteiger partial charge < -0.3 is 5.73 Å². The maximum absolute atomic E-state index is 9.97.